The molecule has 1 saturated carbocycles. The standard InChI is InChI=1S/C24H29N5/c25-15-18-4-3-5-19(14-18)16-27-24-21-6-1-2-7-22(21)28-23(29-24)13-10-17-8-11-20(26)12-9-17/h1-2,6-13,18-19H,3-5,14-16,25-26H2,(H,27,28,29). The highest BCUT2D eigenvalue weighted by Crippen LogP contribution is 2.29. The highest BCUT2D eigenvalue weighted by Gasteiger charge is 2.21. The summed E-state index contributed by atoms with van der Waals surface area (Å²) < 4.78 is 0. The van der Waals surface area contributed by atoms with Crippen LogP contribution in [-0.4, -0.2) is 23.1 Å². The zero-order chi connectivity index (χ0) is 20.1. The number of anilines is 2. The Balaban J connectivity index is 1.55. The van der Waals surface area contributed by atoms with Gasteiger partial charge in [-0.1, -0.05) is 36.8 Å². The summed E-state index contributed by atoms with van der Waals surface area (Å²) in [5.41, 5.74) is 14.4. The number of hydrogen-bond acceptors (Lipinski definition) is 5. The summed E-state index contributed by atoms with van der Waals surface area (Å²) >= 11 is 0. The molecule has 4 rings (SSSR count). The number of aromatic nitrogens is 2. The van der Waals surface area contributed by atoms with Gasteiger partial charge in [-0.2, -0.15) is 0 Å². The highest BCUT2D eigenvalue weighted by molar-refractivity contribution is 5.90. The van der Waals surface area contributed by atoms with Crippen LogP contribution >= 0.6 is 0 Å². The van der Waals surface area contributed by atoms with E-state index in [2.05, 4.69) is 11.4 Å². The van der Waals surface area contributed by atoms with Crippen molar-refractivity contribution in [2.75, 3.05) is 24.1 Å². The third-order valence-corrected chi connectivity index (χ3v) is 5.76. The highest BCUT2D eigenvalue weighted by atomic mass is 15.0. The van der Waals surface area contributed by atoms with E-state index in [4.69, 9.17) is 21.4 Å². The van der Waals surface area contributed by atoms with Gasteiger partial charge < -0.3 is 16.8 Å². The molecule has 5 heteroatoms. The van der Waals surface area contributed by atoms with Crippen molar-refractivity contribution in [3.05, 3.63) is 59.9 Å². The summed E-state index contributed by atoms with van der Waals surface area (Å²) in [5.74, 6) is 2.92. The molecule has 1 aliphatic carbocycles. The smallest absolute Gasteiger partial charge is 0.154 e. The van der Waals surface area contributed by atoms with Crippen LogP contribution in [0.15, 0.2) is 48.5 Å². The van der Waals surface area contributed by atoms with Crippen LogP contribution in [-0.2, 0) is 0 Å². The average Bonchev–Trinajstić information content (AvgIpc) is 2.77. The SMILES string of the molecule is NCC1CCCC(CNc2nc(C=Cc3ccc(N)cc3)nc3ccccc23)C1. The zero-order valence-corrected chi connectivity index (χ0v) is 16.7. The molecule has 1 heterocycles. The van der Waals surface area contributed by atoms with Gasteiger partial charge in [0.15, 0.2) is 5.82 Å². The van der Waals surface area contributed by atoms with Gasteiger partial charge in [-0.3, -0.25) is 0 Å². The van der Waals surface area contributed by atoms with Gasteiger partial charge in [-0.15, -0.1) is 0 Å². The molecule has 0 saturated heterocycles. The second kappa shape index (κ2) is 9.05. The summed E-state index contributed by atoms with van der Waals surface area (Å²) in [6.07, 6.45) is 8.97. The number of fused-ring (bicyclic) bond motifs is 1. The van der Waals surface area contributed by atoms with Crippen molar-refractivity contribution in [3.63, 3.8) is 0 Å². The summed E-state index contributed by atoms with van der Waals surface area (Å²) in [6, 6.07) is 15.9. The molecule has 0 spiro atoms. The quantitative estimate of drug-likeness (QED) is 0.540. The number of benzene rings is 2. The van der Waals surface area contributed by atoms with E-state index in [0.29, 0.717) is 17.7 Å². The lowest BCUT2D eigenvalue weighted by atomic mass is 9.81. The minimum atomic E-state index is 0.653. The Bertz CT molecular complexity index is 980. The number of nitrogens with one attached hydrogen (secondary N) is 1. The van der Waals surface area contributed by atoms with E-state index >= 15 is 0 Å². The van der Waals surface area contributed by atoms with E-state index in [9.17, 15) is 0 Å². The Morgan fingerprint density at radius 1 is 0.966 bits per heavy atom. The third kappa shape index (κ3) is 4.93. The van der Waals surface area contributed by atoms with E-state index in [1.807, 2.05) is 54.6 Å². The van der Waals surface area contributed by atoms with Crippen molar-refractivity contribution >= 4 is 34.6 Å². The lowest BCUT2D eigenvalue weighted by molar-refractivity contribution is 0.281. The van der Waals surface area contributed by atoms with Crippen molar-refractivity contribution in [2.24, 2.45) is 17.6 Å². The molecule has 1 aromatic heterocycles. The normalized spacial score (nSPS) is 19.6. The van der Waals surface area contributed by atoms with Crippen LogP contribution in [0.5, 0.6) is 0 Å². The summed E-state index contributed by atoms with van der Waals surface area (Å²) in [7, 11) is 0. The Morgan fingerprint density at radius 3 is 2.59 bits per heavy atom. The first kappa shape index (κ1) is 19.4. The van der Waals surface area contributed by atoms with Gasteiger partial charge in [0, 0.05) is 17.6 Å². The molecule has 5 nitrogen and oxygen atoms in total. The molecule has 2 aromatic carbocycles. The Morgan fingerprint density at radius 2 is 1.76 bits per heavy atom. The molecule has 29 heavy (non-hydrogen) atoms. The van der Waals surface area contributed by atoms with E-state index in [-0.39, 0.29) is 0 Å². The maximum Gasteiger partial charge on any atom is 0.154 e. The molecule has 1 aliphatic rings. The van der Waals surface area contributed by atoms with Crippen molar-refractivity contribution in [1.29, 1.82) is 0 Å². The van der Waals surface area contributed by atoms with Crippen LogP contribution < -0.4 is 16.8 Å². The molecule has 2 atom stereocenters. The fourth-order valence-electron chi connectivity index (χ4n) is 4.12. The zero-order valence-electron chi connectivity index (χ0n) is 16.7. The lowest BCUT2D eigenvalue weighted by Gasteiger charge is -2.28. The molecule has 1 fully saturated rings. The van der Waals surface area contributed by atoms with E-state index in [1.54, 1.807) is 0 Å². The van der Waals surface area contributed by atoms with Gasteiger partial charge in [-0.05, 0) is 73.5 Å². The molecule has 150 valence electrons. The van der Waals surface area contributed by atoms with E-state index in [0.717, 1.165) is 41.1 Å². The maximum atomic E-state index is 5.90. The number of nitrogens with two attached hydrogens (primary N) is 2. The predicted molar refractivity (Wildman–Crippen MR) is 122 cm³/mol. The Hall–Kier alpha value is -2.92. The van der Waals surface area contributed by atoms with Crippen molar-refractivity contribution in [2.45, 2.75) is 25.7 Å². The van der Waals surface area contributed by atoms with Crippen LogP contribution in [0.3, 0.4) is 0 Å². The summed E-state index contributed by atoms with van der Waals surface area (Å²) in [5, 5.41) is 4.66. The minimum absolute atomic E-state index is 0.653. The third-order valence-electron chi connectivity index (χ3n) is 5.76. The molecular formula is C24H29N5. The number of para-hydroxylation sites is 1. The van der Waals surface area contributed by atoms with E-state index < -0.39 is 0 Å². The van der Waals surface area contributed by atoms with Gasteiger partial charge >= 0.3 is 0 Å². The maximum absolute atomic E-state index is 5.90. The number of rotatable bonds is 6. The number of nitrogen functional groups attached to an aromatic ring is 1. The van der Waals surface area contributed by atoms with Gasteiger partial charge in [0.25, 0.3) is 0 Å². The van der Waals surface area contributed by atoms with Crippen molar-refractivity contribution in [1.82, 2.24) is 9.97 Å². The Labute approximate surface area is 172 Å². The van der Waals surface area contributed by atoms with Crippen molar-refractivity contribution < 1.29 is 0 Å². The Kier molecular flexibility index (Phi) is 6.06. The van der Waals surface area contributed by atoms with Gasteiger partial charge in [0.05, 0.1) is 5.52 Å². The largest absolute Gasteiger partial charge is 0.399 e. The molecular weight excluding hydrogens is 358 g/mol. The summed E-state index contributed by atoms with van der Waals surface area (Å²) in [6.45, 7) is 1.73. The topological polar surface area (TPSA) is 89.8 Å². The first-order valence-corrected chi connectivity index (χ1v) is 10.5. The average molecular weight is 388 g/mol. The van der Waals surface area contributed by atoms with Crippen LogP contribution in [0.2, 0.25) is 0 Å². The molecule has 0 bridgehead atoms. The first-order chi connectivity index (χ1) is 14.2. The number of hydrogen-bond donors (Lipinski definition) is 3. The molecule has 3 aromatic rings. The fraction of sp³-hybridized carbons (Fsp3) is 0.333. The van der Waals surface area contributed by atoms with Crippen LogP contribution in [0, 0.1) is 11.8 Å². The second-order valence-corrected chi connectivity index (χ2v) is 7.96. The molecule has 0 amide bonds. The predicted octanol–water partition coefficient (Wildman–Crippen LogP) is 4.56. The lowest BCUT2D eigenvalue weighted by Crippen LogP contribution is -2.26. The molecule has 5 N–H and O–H groups in total. The minimum Gasteiger partial charge on any atom is -0.399 e. The number of nitrogens with zero attached hydrogens (tertiary/aromatic N) is 2. The van der Waals surface area contributed by atoms with Gasteiger partial charge in [0.1, 0.15) is 5.82 Å². The van der Waals surface area contributed by atoms with Gasteiger partial charge in [0.2, 0.25) is 0 Å². The fourth-order valence-corrected chi connectivity index (χ4v) is 4.12. The monoisotopic (exact) mass is 387 g/mol. The van der Waals surface area contributed by atoms with Crippen LogP contribution in [0.25, 0.3) is 23.1 Å². The van der Waals surface area contributed by atoms with E-state index in [1.165, 1.54) is 25.7 Å². The van der Waals surface area contributed by atoms with Crippen LogP contribution in [0.4, 0.5) is 11.5 Å². The molecule has 0 radical (unpaired) electrons. The second-order valence-electron chi connectivity index (χ2n) is 7.96. The molecule has 0 aliphatic heterocycles. The van der Waals surface area contributed by atoms with Crippen molar-refractivity contribution in [3.8, 4) is 0 Å². The first-order valence-electron chi connectivity index (χ1n) is 10.5. The van der Waals surface area contributed by atoms with Gasteiger partial charge in [-0.25, -0.2) is 9.97 Å². The summed E-state index contributed by atoms with van der Waals surface area (Å²) in [4.78, 5) is 9.51. The van der Waals surface area contributed by atoms with Crippen LogP contribution in [0.1, 0.15) is 37.1 Å². The molecule has 2 unspecified atom stereocenters.